The molecule has 0 unspecified atom stereocenters. The first-order chi connectivity index (χ1) is 6.51. The minimum atomic E-state index is 0.253. The second-order valence-corrected chi connectivity index (χ2v) is 5.13. The number of aromatic nitrogens is 1. The maximum Gasteiger partial charge on any atom is 0.194 e. The average molecular weight is 216 g/mol. The zero-order valence-corrected chi connectivity index (χ0v) is 9.90. The predicted octanol–water partition coefficient (Wildman–Crippen LogP) is 3.43. The van der Waals surface area contributed by atoms with Crippen molar-refractivity contribution in [3.8, 4) is 0 Å². The summed E-state index contributed by atoms with van der Waals surface area (Å²) < 4.78 is 5.59. The Hall–Kier alpha value is -0.500. The molecule has 0 saturated heterocycles. The van der Waals surface area contributed by atoms with Crippen molar-refractivity contribution in [2.24, 2.45) is 5.41 Å². The molecule has 1 heterocycles. The van der Waals surface area contributed by atoms with Gasteiger partial charge in [-0.2, -0.15) is 0 Å². The van der Waals surface area contributed by atoms with Gasteiger partial charge in [0.1, 0.15) is 5.76 Å². The molecule has 0 N–H and O–H groups in total. The molecule has 1 rings (SSSR count). The van der Waals surface area contributed by atoms with Gasteiger partial charge in [0, 0.05) is 18.7 Å². The molecule has 1 aromatic rings. The van der Waals surface area contributed by atoms with Crippen molar-refractivity contribution < 1.29 is 4.42 Å². The highest BCUT2D eigenvalue weighted by Gasteiger charge is 2.14. The molecule has 1 aromatic heterocycles. The molecule has 0 fully saturated rings. The van der Waals surface area contributed by atoms with Crippen LogP contribution in [-0.2, 0) is 12.8 Å². The smallest absolute Gasteiger partial charge is 0.194 e. The Kier molecular flexibility index (Phi) is 3.99. The van der Waals surface area contributed by atoms with Crippen LogP contribution in [0.1, 0.15) is 38.8 Å². The number of alkyl halides is 1. The van der Waals surface area contributed by atoms with E-state index in [0.29, 0.717) is 5.88 Å². The van der Waals surface area contributed by atoms with Gasteiger partial charge in [-0.25, -0.2) is 4.98 Å². The number of hydrogen-bond acceptors (Lipinski definition) is 2. The summed E-state index contributed by atoms with van der Waals surface area (Å²) in [7, 11) is 0. The van der Waals surface area contributed by atoms with Crippen LogP contribution in [0.5, 0.6) is 0 Å². The second-order valence-electron chi connectivity index (χ2n) is 4.75. The van der Waals surface area contributed by atoms with Gasteiger partial charge in [0.2, 0.25) is 0 Å². The van der Waals surface area contributed by atoms with E-state index in [1.165, 1.54) is 0 Å². The summed E-state index contributed by atoms with van der Waals surface area (Å²) in [6, 6.07) is 0. The topological polar surface area (TPSA) is 26.0 Å². The van der Waals surface area contributed by atoms with E-state index in [4.69, 9.17) is 16.0 Å². The summed E-state index contributed by atoms with van der Waals surface area (Å²) in [5.74, 6) is 2.45. The largest absolute Gasteiger partial charge is 0.446 e. The fourth-order valence-electron chi connectivity index (χ4n) is 1.29. The molecule has 3 heteroatoms. The van der Waals surface area contributed by atoms with Crippen molar-refractivity contribution in [2.75, 3.05) is 5.88 Å². The third kappa shape index (κ3) is 4.14. The highest BCUT2D eigenvalue weighted by Crippen LogP contribution is 2.21. The Balaban J connectivity index is 2.51. The molecule has 0 atom stereocenters. The van der Waals surface area contributed by atoms with Crippen molar-refractivity contribution in [3.63, 3.8) is 0 Å². The quantitative estimate of drug-likeness (QED) is 0.720. The molecule has 0 aliphatic rings. The van der Waals surface area contributed by atoms with Crippen LogP contribution in [-0.4, -0.2) is 10.9 Å². The Morgan fingerprint density at radius 2 is 2.14 bits per heavy atom. The van der Waals surface area contributed by atoms with E-state index in [0.717, 1.165) is 30.9 Å². The van der Waals surface area contributed by atoms with Crippen molar-refractivity contribution in [2.45, 2.75) is 40.0 Å². The number of aryl methyl sites for hydroxylation is 1. The first-order valence-corrected chi connectivity index (χ1v) is 5.54. The number of rotatable bonds is 4. The van der Waals surface area contributed by atoms with Crippen LogP contribution in [0.4, 0.5) is 0 Å². The summed E-state index contributed by atoms with van der Waals surface area (Å²) >= 11 is 5.60. The lowest BCUT2D eigenvalue weighted by molar-refractivity contribution is 0.352. The van der Waals surface area contributed by atoms with E-state index in [-0.39, 0.29) is 5.41 Å². The summed E-state index contributed by atoms with van der Waals surface area (Å²) in [6.45, 7) is 6.57. The van der Waals surface area contributed by atoms with Crippen LogP contribution >= 0.6 is 11.6 Å². The van der Waals surface area contributed by atoms with Gasteiger partial charge in [0.15, 0.2) is 5.89 Å². The van der Waals surface area contributed by atoms with Gasteiger partial charge in [-0.15, -0.1) is 11.6 Å². The molecule has 0 aliphatic carbocycles. The van der Waals surface area contributed by atoms with E-state index in [1.54, 1.807) is 0 Å². The molecule has 80 valence electrons. The van der Waals surface area contributed by atoms with Gasteiger partial charge < -0.3 is 4.42 Å². The van der Waals surface area contributed by atoms with Crippen molar-refractivity contribution in [3.05, 3.63) is 17.8 Å². The van der Waals surface area contributed by atoms with E-state index in [1.807, 2.05) is 6.20 Å². The first kappa shape index (κ1) is 11.6. The van der Waals surface area contributed by atoms with E-state index < -0.39 is 0 Å². The van der Waals surface area contributed by atoms with Crippen molar-refractivity contribution in [1.82, 2.24) is 4.98 Å². The number of nitrogens with zero attached hydrogens (tertiary/aromatic N) is 1. The highest BCUT2D eigenvalue weighted by molar-refractivity contribution is 6.17. The summed E-state index contributed by atoms with van der Waals surface area (Å²) in [5, 5.41) is 0. The normalized spacial score (nSPS) is 12.0. The molecule has 0 aromatic carbocycles. The molecule has 0 radical (unpaired) electrons. The van der Waals surface area contributed by atoms with Gasteiger partial charge >= 0.3 is 0 Å². The maximum atomic E-state index is 5.60. The molecule has 0 spiro atoms. The monoisotopic (exact) mass is 215 g/mol. The van der Waals surface area contributed by atoms with Gasteiger partial charge in [0.05, 0.1) is 6.20 Å². The minimum absolute atomic E-state index is 0.253. The lowest BCUT2D eigenvalue weighted by Crippen LogP contribution is -2.08. The second kappa shape index (κ2) is 4.83. The number of oxazole rings is 1. The third-order valence-corrected chi connectivity index (χ3v) is 2.10. The Morgan fingerprint density at radius 3 is 2.71 bits per heavy atom. The molecule has 0 amide bonds. The van der Waals surface area contributed by atoms with Crippen LogP contribution in [0.2, 0.25) is 0 Å². The summed E-state index contributed by atoms with van der Waals surface area (Å²) in [5.41, 5.74) is 0.253. The van der Waals surface area contributed by atoms with Crippen LogP contribution in [0.25, 0.3) is 0 Å². The lowest BCUT2D eigenvalue weighted by atomic mass is 9.91. The van der Waals surface area contributed by atoms with E-state index in [9.17, 15) is 0 Å². The molecule has 2 nitrogen and oxygen atoms in total. The van der Waals surface area contributed by atoms with Gasteiger partial charge in [-0.3, -0.25) is 0 Å². The summed E-state index contributed by atoms with van der Waals surface area (Å²) in [4.78, 5) is 4.21. The fraction of sp³-hybridized carbons (Fsp3) is 0.727. The summed E-state index contributed by atoms with van der Waals surface area (Å²) in [6.07, 6.45) is 4.53. The highest BCUT2D eigenvalue weighted by atomic mass is 35.5. The molecule has 0 bridgehead atoms. The van der Waals surface area contributed by atoms with E-state index in [2.05, 4.69) is 25.8 Å². The van der Waals surface area contributed by atoms with Gasteiger partial charge in [0.25, 0.3) is 0 Å². The Morgan fingerprint density at radius 1 is 1.43 bits per heavy atom. The van der Waals surface area contributed by atoms with Crippen LogP contribution < -0.4 is 0 Å². The van der Waals surface area contributed by atoms with Crippen LogP contribution in [0, 0.1) is 5.41 Å². The fourth-order valence-corrected chi connectivity index (χ4v) is 1.42. The van der Waals surface area contributed by atoms with Crippen LogP contribution in [0.3, 0.4) is 0 Å². The van der Waals surface area contributed by atoms with Gasteiger partial charge in [-0.05, 0) is 11.8 Å². The lowest BCUT2D eigenvalue weighted by Gasteiger charge is -2.15. The van der Waals surface area contributed by atoms with Crippen LogP contribution in [0.15, 0.2) is 10.6 Å². The zero-order valence-electron chi connectivity index (χ0n) is 9.14. The first-order valence-electron chi connectivity index (χ1n) is 5.01. The Labute approximate surface area is 90.7 Å². The Bertz CT molecular complexity index is 275. The average Bonchev–Trinajstić information content (AvgIpc) is 2.46. The zero-order chi connectivity index (χ0) is 10.6. The number of hydrogen-bond donors (Lipinski definition) is 0. The molecule has 0 aliphatic heterocycles. The minimum Gasteiger partial charge on any atom is -0.446 e. The molecular formula is C11H18ClNO. The standard InChI is InChI=1S/C11H18ClNO/c1-11(2,3)7-9-8-13-10(14-9)5-4-6-12/h8H,4-7H2,1-3H3. The molecular weight excluding hydrogens is 198 g/mol. The number of halogens is 1. The molecule has 0 saturated carbocycles. The maximum absolute atomic E-state index is 5.60. The van der Waals surface area contributed by atoms with E-state index >= 15 is 0 Å². The SMILES string of the molecule is CC(C)(C)Cc1cnc(CCCCl)o1. The van der Waals surface area contributed by atoms with Crippen molar-refractivity contribution in [1.29, 1.82) is 0 Å². The predicted molar refractivity (Wildman–Crippen MR) is 58.7 cm³/mol. The van der Waals surface area contributed by atoms with Gasteiger partial charge in [-0.1, -0.05) is 20.8 Å². The van der Waals surface area contributed by atoms with Crippen molar-refractivity contribution >= 4 is 11.6 Å². The third-order valence-electron chi connectivity index (χ3n) is 1.83. The molecule has 14 heavy (non-hydrogen) atoms.